The number of hydrogen-bond acceptors (Lipinski definition) is 3. The van der Waals surface area contributed by atoms with Gasteiger partial charge in [0.1, 0.15) is 0 Å². The summed E-state index contributed by atoms with van der Waals surface area (Å²) >= 11 is 0. The van der Waals surface area contributed by atoms with Crippen molar-refractivity contribution in [1.29, 1.82) is 0 Å². The first-order chi connectivity index (χ1) is 9.64. The average Bonchev–Trinajstić information content (AvgIpc) is 2.38. The fourth-order valence-corrected chi connectivity index (χ4v) is 2.14. The molecule has 0 heterocycles. The van der Waals surface area contributed by atoms with E-state index in [1.165, 1.54) is 31.9 Å². The van der Waals surface area contributed by atoms with Gasteiger partial charge >= 0.3 is 0 Å². The third-order valence-corrected chi connectivity index (χ3v) is 5.93. The Hall–Kier alpha value is -0.0500. The molecule has 2 N–H and O–H groups in total. The van der Waals surface area contributed by atoms with Crippen molar-refractivity contribution < 1.29 is 8.42 Å². The highest BCUT2D eigenvalue weighted by atomic mass is 127. The fourth-order valence-electron chi connectivity index (χ4n) is 1.81. The van der Waals surface area contributed by atoms with Gasteiger partial charge in [-0.1, -0.05) is 32.6 Å². The van der Waals surface area contributed by atoms with Gasteiger partial charge in [-0.25, -0.2) is 8.42 Å². The van der Waals surface area contributed by atoms with Crippen LogP contribution in [0.1, 0.15) is 59.8 Å². The Bertz CT molecular complexity index is 423. The minimum Gasteiger partial charge on any atom is -0.355 e. The molecule has 0 aliphatic rings. The molecule has 0 aliphatic carbocycles. The second-order valence-corrected chi connectivity index (χ2v) is 9.00. The summed E-state index contributed by atoms with van der Waals surface area (Å²) in [5.41, 5.74) is 0. The van der Waals surface area contributed by atoms with Gasteiger partial charge < -0.3 is 10.6 Å². The van der Waals surface area contributed by atoms with Crippen molar-refractivity contribution in [3.8, 4) is 0 Å². The summed E-state index contributed by atoms with van der Waals surface area (Å²) in [6.07, 6.45) is 7.34. The zero-order chi connectivity index (χ0) is 16.5. The van der Waals surface area contributed by atoms with E-state index in [4.69, 9.17) is 0 Å². The minimum absolute atomic E-state index is 0. The number of nitrogens with one attached hydrogen (secondary N) is 2. The van der Waals surface area contributed by atoms with Gasteiger partial charge in [0, 0.05) is 25.9 Å². The van der Waals surface area contributed by atoms with Crippen LogP contribution in [0.15, 0.2) is 4.99 Å². The highest BCUT2D eigenvalue weighted by Crippen LogP contribution is 2.13. The van der Waals surface area contributed by atoms with Crippen LogP contribution in [0.5, 0.6) is 0 Å². The number of sulfone groups is 1. The lowest BCUT2D eigenvalue weighted by Gasteiger charge is -2.25. The molecule has 0 aromatic heterocycles. The standard InChI is InChI=1S/C15H33N3O2S.HI/c1-7-8-9-10-11-13(2)18-14(16-5)17-12-15(3,4)21(6,19)20;/h13H,7-12H2,1-6H3,(H2,16,17,18);1H. The van der Waals surface area contributed by atoms with Crippen LogP contribution in [-0.2, 0) is 9.84 Å². The van der Waals surface area contributed by atoms with Gasteiger partial charge in [0.05, 0.1) is 4.75 Å². The first kappa shape index (κ1) is 24.2. The van der Waals surface area contributed by atoms with Gasteiger partial charge in [-0.15, -0.1) is 24.0 Å². The van der Waals surface area contributed by atoms with Crippen LogP contribution in [0, 0.1) is 0 Å². The van der Waals surface area contributed by atoms with Crippen molar-refractivity contribution in [3.05, 3.63) is 0 Å². The van der Waals surface area contributed by atoms with E-state index in [1.807, 2.05) is 0 Å². The average molecular weight is 447 g/mol. The van der Waals surface area contributed by atoms with E-state index in [2.05, 4.69) is 29.5 Å². The van der Waals surface area contributed by atoms with Crippen LogP contribution in [0.4, 0.5) is 0 Å². The van der Waals surface area contributed by atoms with Crippen LogP contribution in [0.3, 0.4) is 0 Å². The second kappa shape index (κ2) is 11.5. The maximum absolute atomic E-state index is 11.7. The molecular formula is C15H34IN3O2S. The number of aliphatic imine (C=N–C) groups is 1. The Kier molecular flexibility index (Phi) is 12.6. The zero-order valence-electron chi connectivity index (χ0n) is 14.9. The van der Waals surface area contributed by atoms with Crippen molar-refractivity contribution in [3.63, 3.8) is 0 Å². The number of halogens is 1. The maximum Gasteiger partial charge on any atom is 0.191 e. The fraction of sp³-hybridized carbons (Fsp3) is 0.933. The van der Waals surface area contributed by atoms with Crippen molar-refractivity contribution in [2.45, 2.75) is 70.6 Å². The van der Waals surface area contributed by atoms with E-state index in [1.54, 1.807) is 20.9 Å². The summed E-state index contributed by atoms with van der Waals surface area (Å²) in [6.45, 7) is 8.11. The lowest BCUT2D eigenvalue weighted by molar-refractivity contribution is 0.525. The van der Waals surface area contributed by atoms with Crippen LogP contribution < -0.4 is 10.6 Å². The largest absolute Gasteiger partial charge is 0.355 e. The Morgan fingerprint density at radius 3 is 2.27 bits per heavy atom. The van der Waals surface area contributed by atoms with E-state index >= 15 is 0 Å². The monoisotopic (exact) mass is 447 g/mol. The summed E-state index contributed by atoms with van der Waals surface area (Å²) < 4.78 is 22.5. The lowest BCUT2D eigenvalue weighted by atomic mass is 10.1. The lowest BCUT2D eigenvalue weighted by Crippen LogP contribution is -2.49. The summed E-state index contributed by atoms with van der Waals surface area (Å²) in [5.74, 6) is 0.662. The van der Waals surface area contributed by atoms with Crippen molar-refractivity contribution in [2.75, 3.05) is 19.8 Å². The minimum atomic E-state index is -3.10. The molecule has 22 heavy (non-hydrogen) atoms. The van der Waals surface area contributed by atoms with Crippen molar-refractivity contribution in [2.24, 2.45) is 4.99 Å². The summed E-state index contributed by atoms with van der Waals surface area (Å²) in [6, 6.07) is 0.328. The molecular weight excluding hydrogens is 413 g/mol. The van der Waals surface area contributed by atoms with Crippen molar-refractivity contribution >= 4 is 39.8 Å². The third kappa shape index (κ3) is 9.86. The van der Waals surface area contributed by atoms with Gasteiger partial charge in [0.2, 0.25) is 0 Å². The van der Waals surface area contributed by atoms with Gasteiger partial charge in [-0.3, -0.25) is 4.99 Å². The summed E-state index contributed by atoms with van der Waals surface area (Å²) in [4.78, 5) is 4.16. The van der Waals surface area contributed by atoms with E-state index in [9.17, 15) is 8.42 Å². The number of nitrogens with zero attached hydrogens (tertiary/aromatic N) is 1. The van der Waals surface area contributed by atoms with Gasteiger partial charge in [0.25, 0.3) is 0 Å². The molecule has 1 atom stereocenters. The molecule has 0 saturated carbocycles. The van der Waals surface area contributed by atoms with E-state index in [-0.39, 0.29) is 24.0 Å². The molecule has 0 aromatic rings. The predicted octanol–water partition coefficient (Wildman–Crippen LogP) is 2.95. The number of unbranched alkanes of at least 4 members (excludes halogenated alkanes) is 3. The molecule has 0 saturated heterocycles. The van der Waals surface area contributed by atoms with E-state index in [0.717, 1.165) is 6.42 Å². The van der Waals surface area contributed by atoms with Gasteiger partial charge in [-0.05, 0) is 27.2 Å². The van der Waals surface area contributed by atoms with Crippen LogP contribution >= 0.6 is 24.0 Å². The second-order valence-electron chi connectivity index (χ2n) is 6.35. The smallest absolute Gasteiger partial charge is 0.191 e. The molecule has 0 radical (unpaired) electrons. The SMILES string of the molecule is CCCCCCC(C)NC(=NC)NCC(C)(C)S(C)(=O)=O.I. The number of rotatable bonds is 9. The summed E-state index contributed by atoms with van der Waals surface area (Å²) in [5, 5.41) is 6.42. The van der Waals surface area contributed by atoms with E-state index < -0.39 is 14.6 Å². The van der Waals surface area contributed by atoms with Crippen LogP contribution in [0.2, 0.25) is 0 Å². The third-order valence-electron chi connectivity index (χ3n) is 3.78. The Labute approximate surface area is 154 Å². The predicted molar refractivity (Wildman–Crippen MR) is 107 cm³/mol. The molecule has 1 unspecified atom stereocenters. The molecule has 0 spiro atoms. The molecule has 0 aliphatic heterocycles. The first-order valence-corrected chi connectivity index (χ1v) is 9.70. The Balaban J connectivity index is 0. The molecule has 0 amide bonds. The molecule has 0 rings (SSSR count). The molecule has 7 heteroatoms. The Morgan fingerprint density at radius 2 is 1.82 bits per heavy atom. The molecule has 0 bridgehead atoms. The van der Waals surface area contributed by atoms with E-state index in [0.29, 0.717) is 18.5 Å². The maximum atomic E-state index is 11.7. The van der Waals surface area contributed by atoms with Crippen LogP contribution in [0.25, 0.3) is 0 Å². The zero-order valence-corrected chi connectivity index (χ0v) is 18.0. The normalized spacial score (nSPS) is 14.2. The summed E-state index contributed by atoms with van der Waals surface area (Å²) in [7, 11) is -1.40. The molecule has 134 valence electrons. The Morgan fingerprint density at radius 1 is 1.23 bits per heavy atom. The quantitative estimate of drug-likeness (QED) is 0.247. The van der Waals surface area contributed by atoms with Crippen LogP contribution in [-0.4, -0.2) is 45.0 Å². The molecule has 5 nitrogen and oxygen atoms in total. The topological polar surface area (TPSA) is 70.6 Å². The van der Waals surface area contributed by atoms with Gasteiger partial charge in [0.15, 0.2) is 15.8 Å². The molecule has 0 aromatic carbocycles. The van der Waals surface area contributed by atoms with Gasteiger partial charge in [-0.2, -0.15) is 0 Å². The highest BCUT2D eigenvalue weighted by Gasteiger charge is 2.30. The first-order valence-electron chi connectivity index (χ1n) is 7.81. The highest BCUT2D eigenvalue weighted by molar-refractivity contribution is 14.0. The molecule has 0 fully saturated rings. The number of hydrogen-bond donors (Lipinski definition) is 2. The number of guanidine groups is 1. The van der Waals surface area contributed by atoms with Crippen molar-refractivity contribution in [1.82, 2.24) is 10.6 Å².